The molecule has 4 nitrogen and oxygen atoms in total. The average molecular weight is 369 g/mol. The van der Waals surface area contributed by atoms with Gasteiger partial charge in [0.05, 0.1) is 0 Å². The van der Waals surface area contributed by atoms with Crippen LogP contribution in [-0.4, -0.2) is 18.3 Å². The quantitative estimate of drug-likeness (QED) is 0.584. The smallest absolute Gasteiger partial charge is 0.264 e. The fraction of sp³-hybridized carbons (Fsp3) is 0.235. The summed E-state index contributed by atoms with van der Waals surface area (Å²) >= 11 is 0. The third-order valence-corrected chi connectivity index (χ3v) is 6.44. The van der Waals surface area contributed by atoms with E-state index < -0.39 is 25.2 Å². The molecule has 0 fully saturated rings. The number of nitrogens with zero attached hydrogens (tertiary/aromatic N) is 1. The first-order valence-corrected chi connectivity index (χ1v) is 9.33. The Hall–Kier alpha value is -2.11. The number of rotatable bonds is 5. The minimum atomic E-state index is -2.99. The predicted octanol–water partition coefficient (Wildman–Crippen LogP) is 5.14. The minimum absolute atomic E-state index is 0.0135. The third-order valence-electron chi connectivity index (χ3n) is 3.96. The Kier molecular flexibility index (Phi) is 4.71. The van der Waals surface area contributed by atoms with E-state index in [2.05, 4.69) is 4.98 Å². The van der Waals surface area contributed by atoms with Gasteiger partial charge in [-0.2, -0.15) is 0 Å². The summed E-state index contributed by atoms with van der Waals surface area (Å²) in [7, 11) is -1.62. The molecule has 0 aliphatic rings. The Bertz CT molecular complexity index is 963. The predicted molar refractivity (Wildman–Crippen MR) is 89.2 cm³/mol. The standard InChI is InChI=1S/C17H15F3NO3P/c1-3-25(22,23-2)11-5-7-14-15(9-11)24-17(21-14)12-6-4-10(18)8-13(12)16(19)20/h4-9,16H,3H2,1-2H3. The number of aromatic nitrogens is 1. The molecule has 0 aliphatic carbocycles. The Morgan fingerprint density at radius 1 is 1.24 bits per heavy atom. The van der Waals surface area contributed by atoms with Crippen LogP contribution in [0.4, 0.5) is 13.2 Å². The number of fused-ring (bicyclic) bond motifs is 1. The van der Waals surface area contributed by atoms with Crippen LogP contribution in [0.3, 0.4) is 0 Å². The monoisotopic (exact) mass is 369 g/mol. The fourth-order valence-electron chi connectivity index (χ4n) is 2.57. The summed E-state index contributed by atoms with van der Waals surface area (Å²) in [6.45, 7) is 1.74. The van der Waals surface area contributed by atoms with Gasteiger partial charge in [-0.25, -0.2) is 18.2 Å². The van der Waals surface area contributed by atoms with Gasteiger partial charge in [-0.05, 0) is 36.4 Å². The number of alkyl halides is 2. The lowest BCUT2D eigenvalue weighted by atomic mass is 10.1. The van der Waals surface area contributed by atoms with E-state index in [0.29, 0.717) is 22.6 Å². The van der Waals surface area contributed by atoms with Crippen LogP contribution in [0.15, 0.2) is 40.8 Å². The lowest BCUT2D eigenvalue weighted by Gasteiger charge is -2.13. The molecule has 1 unspecified atom stereocenters. The SMILES string of the molecule is CCP(=O)(OC)c1ccc2nc(-c3ccc(F)cc3C(F)F)oc2c1. The molecular formula is C17H15F3NO3P. The lowest BCUT2D eigenvalue weighted by Crippen LogP contribution is -2.07. The molecule has 0 radical (unpaired) electrons. The summed E-state index contributed by atoms with van der Waals surface area (Å²) < 4.78 is 62.9. The second kappa shape index (κ2) is 6.65. The molecule has 2 aromatic carbocycles. The van der Waals surface area contributed by atoms with Crippen molar-refractivity contribution in [1.29, 1.82) is 0 Å². The van der Waals surface area contributed by atoms with Gasteiger partial charge in [0.25, 0.3) is 6.43 Å². The van der Waals surface area contributed by atoms with E-state index in [1.807, 2.05) is 0 Å². The van der Waals surface area contributed by atoms with Crippen LogP contribution in [0.5, 0.6) is 0 Å². The Labute approximate surface area is 142 Å². The first-order valence-electron chi connectivity index (χ1n) is 7.52. The Morgan fingerprint density at radius 2 is 2.00 bits per heavy atom. The number of hydrogen-bond acceptors (Lipinski definition) is 4. The van der Waals surface area contributed by atoms with Crippen molar-refractivity contribution >= 4 is 23.8 Å². The summed E-state index contributed by atoms with van der Waals surface area (Å²) in [5.41, 5.74) is 0.229. The van der Waals surface area contributed by atoms with Gasteiger partial charge in [0, 0.05) is 29.7 Å². The van der Waals surface area contributed by atoms with Gasteiger partial charge >= 0.3 is 0 Å². The lowest BCUT2D eigenvalue weighted by molar-refractivity contribution is 0.151. The molecule has 1 heterocycles. The van der Waals surface area contributed by atoms with Gasteiger partial charge < -0.3 is 8.94 Å². The molecule has 0 spiro atoms. The van der Waals surface area contributed by atoms with E-state index in [1.165, 1.54) is 19.2 Å². The molecule has 0 bridgehead atoms. The fourth-order valence-corrected chi connectivity index (χ4v) is 4.02. The van der Waals surface area contributed by atoms with Gasteiger partial charge in [-0.15, -0.1) is 0 Å². The maximum atomic E-state index is 13.3. The van der Waals surface area contributed by atoms with Crippen LogP contribution in [-0.2, 0) is 9.09 Å². The van der Waals surface area contributed by atoms with Gasteiger partial charge in [-0.3, -0.25) is 4.57 Å². The van der Waals surface area contributed by atoms with Crippen molar-refractivity contribution in [3.8, 4) is 11.5 Å². The first kappa shape index (κ1) is 17.7. The number of hydrogen-bond donors (Lipinski definition) is 0. The molecule has 132 valence electrons. The second-order valence-corrected chi connectivity index (χ2v) is 8.24. The molecular weight excluding hydrogens is 354 g/mol. The van der Waals surface area contributed by atoms with Crippen molar-refractivity contribution in [3.05, 3.63) is 47.8 Å². The zero-order valence-corrected chi connectivity index (χ0v) is 14.4. The molecule has 1 aromatic heterocycles. The van der Waals surface area contributed by atoms with Gasteiger partial charge in [0.1, 0.15) is 11.3 Å². The number of benzene rings is 2. The van der Waals surface area contributed by atoms with Crippen LogP contribution in [0.1, 0.15) is 18.9 Å². The largest absolute Gasteiger partial charge is 0.436 e. The van der Waals surface area contributed by atoms with Crippen molar-refractivity contribution in [2.45, 2.75) is 13.3 Å². The number of oxazole rings is 1. The highest BCUT2D eigenvalue weighted by atomic mass is 31.2. The summed E-state index contributed by atoms with van der Waals surface area (Å²) in [5, 5.41) is 0.459. The zero-order valence-electron chi connectivity index (χ0n) is 13.5. The molecule has 1 atom stereocenters. The van der Waals surface area contributed by atoms with Gasteiger partial charge in [-0.1, -0.05) is 6.92 Å². The summed E-state index contributed by atoms with van der Waals surface area (Å²) in [4.78, 5) is 4.18. The third kappa shape index (κ3) is 3.22. The summed E-state index contributed by atoms with van der Waals surface area (Å²) in [5.74, 6) is -0.812. The summed E-state index contributed by atoms with van der Waals surface area (Å²) in [6.07, 6.45) is -2.56. The molecule has 0 saturated carbocycles. The van der Waals surface area contributed by atoms with Gasteiger partial charge in [0.15, 0.2) is 5.58 Å². The topological polar surface area (TPSA) is 52.3 Å². The maximum absolute atomic E-state index is 13.3. The van der Waals surface area contributed by atoms with Gasteiger partial charge in [0.2, 0.25) is 13.3 Å². The van der Waals surface area contributed by atoms with Crippen LogP contribution in [0.25, 0.3) is 22.6 Å². The Morgan fingerprint density at radius 3 is 2.64 bits per heavy atom. The van der Waals surface area contributed by atoms with E-state index in [1.54, 1.807) is 19.1 Å². The van der Waals surface area contributed by atoms with E-state index in [9.17, 15) is 17.7 Å². The van der Waals surface area contributed by atoms with E-state index in [4.69, 9.17) is 8.94 Å². The molecule has 0 amide bonds. The molecule has 0 N–H and O–H groups in total. The molecule has 3 aromatic rings. The molecule has 3 rings (SSSR count). The van der Waals surface area contributed by atoms with Crippen LogP contribution >= 0.6 is 7.37 Å². The summed E-state index contributed by atoms with van der Waals surface area (Å²) in [6, 6.07) is 7.76. The maximum Gasteiger partial charge on any atom is 0.264 e. The second-order valence-electron chi connectivity index (χ2n) is 5.38. The van der Waals surface area contributed by atoms with Crippen molar-refractivity contribution in [1.82, 2.24) is 4.98 Å². The molecule has 0 saturated heterocycles. The van der Waals surface area contributed by atoms with Crippen LogP contribution < -0.4 is 5.30 Å². The number of halogens is 3. The van der Waals surface area contributed by atoms with E-state index >= 15 is 0 Å². The van der Waals surface area contributed by atoms with Crippen molar-refractivity contribution in [3.63, 3.8) is 0 Å². The van der Waals surface area contributed by atoms with Crippen LogP contribution in [0, 0.1) is 5.82 Å². The normalized spacial score (nSPS) is 14.2. The zero-order chi connectivity index (χ0) is 18.2. The first-order chi connectivity index (χ1) is 11.9. The highest BCUT2D eigenvalue weighted by molar-refractivity contribution is 7.66. The molecule has 25 heavy (non-hydrogen) atoms. The minimum Gasteiger partial charge on any atom is -0.436 e. The van der Waals surface area contributed by atoms with Crippen LogP contribution in [0.2, 0.25) is 0 Å². The Balaban J connectivity index is 2.13. The highest BCUT2D eigenvalue weighted by Crippen LogP contribution is 2.44. The highest BCUT2D eigenvalue weighted by Gasteiger charge is 2.24. The van der Waals surface area contributed by atoms with E-state index in [0.717, 1.165) is 12.1 Å². The van der Waals surface area contributed by atoms with Crippen molar-refractivity contribution in [2.24, 2.45) is 0 Å². The molecule has 8 heteroatoms. The van der Waals surface area contributed by atoms with Crippen molar-refractivity contribution < 1.29 is 26.7 Å². The average Bonchev–Trinajstić information content (AvgIpc) is 3.03. The van der Waals surface area contributed by atoms with Crippen molar-refractivity contribution in [2.75, 3.05) is 13.3 Å². The van der Waals surface area contributed by atoms with E-state index in [-0.39, 0.29) is 11.5 Å². The molecule has 0 aliphatic heterocycles.